The van der Waals surface area contributed by atoms with Crippen molar-refractivity contribution in [3.63, 3.8) is 0 Å². The lowest BCUT2D eigenvalue weighted by Crippen LogP contribution is -2.38. The Labute approximate surface area is 122 Å². The summed E-state index contributed by atoms with van der Waals surface area (Å²) in [5.74, 6) is 0. The minimum absolute atomic E-state index is 0.142. The van der Waals surface area contributed by atoms with Crippen molar-refractivity contribution in [1.29, 1.82) is 0 Å². The molecule has 1 atom stereocenters. The van der Waals surface area contributed by atoms with Crippen molar-refractivity contribution in [2.24, 2.45) is 5.73 Å². The van der Waals surface area contributed by atoms with Gasteiger partial charge in [-0.25, -0.2) is 4.79 Å². The predicted octanol–water partition coefficient (Wildman–Crippen LogP) is 2.91. The molecule has 0 radical (unpaired) electrons. The number of nitrogens with two attached hydrogens (primary N) is 1. The maximum atomic E-state index is 11.7. The van der Waals surface area contributed by atoms with Crippen molar-refractivity contribution in [2.75, 3.05) is 6.54 Å². The van der Waals surface area contributed by atoms with Gasteiger partial charge >= 0.3 is 6.09 Å². The highest BCUT2D eigenvalue weighted by Gasteiger charge is 2.22. The van der Waals surface area contributed by atoms with Crippen LogP contribution in [0.2, 0.25) is 10.0 Å². The highest BCUT2D eigenvalue weighted by Crippen LogP contribution is 2.28. The first kappa shape index (κ1) is 16.0. The zero-order valence-electron chi connectivity index (χ0n) is 11.0. The van der Waals surface area contributed by atoms with Crippen LogP contribution in [0.15, 0.2) is 12.4 Å². The molecule has 106 valence electrons. The molecular weight excluding hydrogens is 289 g/mol. The zero-order chi connectivity index (χ0) is 14.6. The monoisotopic (exact) mass is 305 g/mol. The van der Waals surface area contributed by atoms with Gasteiger partial charge in [0.25, 0.3) is 0 Å². The molecule has 1 amide bonds. The molecule has 1 rings (SSSR count). The number of pyridine rings is 1. The average molecular weight is 306 g/mol. The molecule has 0 fully saturated rings. The third kappa shape index (κ3) is 4.86. The first-order chi connectivity index (χ1) is 8.74. The molecule has 3 N–H and O–H groups in total. The van der Waals surface area contributed by atoms with E-state index in [0.29, 0.717) is 15.6 Å². The van der Waals surface area contributed by atoms with Gasteiger partial charge in [0.1, 0.15) is 5.60 Å². The molecule has 1 aromatic rings. The molecule has 0 spiro atoms. The number of nitrogens with one attached hydrogen (secondary N) is 1. The largest absolute Gasteiger partial charge is 0.444 e. The SMILES string of the molecule is CC(C)(C)OC(=O)NC(CN)c1c(Cl)cncc1Cl. The Bertz CT molecular complexity index is 441. The number of ether oxygens (including phenoxy) is 1. The molecule has 7 heteroatoms. The van der Waals surface area contributed by atoms with Crippen molar-refractivity contribution < 1.29 is 9.53 Å². The Balaban J connectivity index is 2.87. The summed E-state index contributed by atoms with van der Waals surface area (Å²) in [5, 5.41) is 3.33. The van der Waals surface area contributed by atoms with E-state index in [1.165, 1.54) is 12.4 Å². The summed E-state index contributed by atoms with van der Waals surface area (Å²) in [6.07, 6.45) is 2.32. The minimum atomic E-state index is -0.588. The van der Waals surface area contributed by atoms with E-state index in [0.717, 1.165) is 0 Å². The summed E-state index contributed by atoms with van der Waals surface area (Å²) in [7, 11) is 0. The molecule has 0 aliphatic rings. The maximum absolute atomic E-state index is 11.7. The number of nitrogens with zero attached hydrogens (tertiary/aromatic N) is 1. The molecule has 0 aliphatic heterocycles. The molecular formula is C12H17Cl2N3O2. The molecule has 19 heavy (non-hydrogen) atoms. The summed E-state index contributed by atoms with van der Waals surface area (Å²) in [6, 6.07) is -0.530. The number of rotatable bonds is 3. The van der Waals surface area contributed by atoms with Gasteiger partial charge in [0, 0.05) is 24.5 Å². The normalized spacial score (nSPS) is 12.9. The van der Waals surface area contributed by atoms with Gasteiger partial charge < -0.3 is 15.8 Å². The lowest BCUT2D eigenvalue weighted by molar-refractivity contribution is 0.0505. The van der Waals surface area contributed by atoms with Crippen LogP contribution in [-0.4, -0.2) is 23.2 Å². The van der Waals surface area contributed by atoms with Gasteiger partial charge in [0.2, 0.25) is 0 Å². The van der Waals surface area contributed by atoms with E-state index in [9.17, 15) is 4.79 Å². The summed E-state index contributed by atoms with van der Waals surface area (Å²) >= 11 is 12.0. The number of amides is 1. The average Bonchev–Trinajstić information content (AvgIpc) is 2.24. The van der Waals surface area contributed by atoms with E-state index in [2.05, 4.69) is 10.3 Å². The zero-order valence-corrected chi connectivity index (χ0v) is 12.5. The van der Waals surface area contributed by atoms with Crippen molar-refractivity contribution in [2.45, 2.75) is 32.4 Å². The summed E-state index contributed by atoms with van der Waals surface area (Å²) < 4.78 is 5.16. The second-order valence-corrected chi connectivity index (χ2v) is 5.77. The van der Waals surface area contributed by atoms with Gasteiger partial charge in [0.15, 0.2) is 0 Å². The fourth-order valence-electron chi connectivity index (χ4n) is 1.45. The number of hydrogen-bond acceptors (Lipinski definition) is 4. The topological polar surface area (TPSA) is 77.2 Å². The molecule has 0 saturated heterocycles. The highest BCUT2D eigenvalue weighted by molar-refractivity contribution is 6.35. The summed E-state index contributed by atoms with van der Waals surface area (Å²) in [6.45, 7) is 5.46. The lowest BCUT2D eigenvalue weighted by Gasteiger charge is -2.24. The Morgan fingerprint density at radius 1 is 1.42 bits per heavy atom. The molecule has 1 heterocycles. The van der Waals surface area contributed by atoms with Gasteiger partial charge in [-0.15, -0.1) is 0 Å². The van der Waals surface area contributed by atoms with Crippen LogP contribution in [0.3, 0.4) is 0 Å². The first-order valence-corrected chi connectivity index (χ1v) is 6.48. The lowest BCUT2D eigenvalue weighted by atomic mass is 10.1. The first-order valence-electron chi connectivity index (χ1n) is 5.73. The third-order valence-electron chi connectivity index (χ3n) is 2.17. The van der Waals surface area contributed by atoms with Crippen LogP contribution < -0.4 is 11.1 Å². The van der Waals surface area contributed by atoms with Crippen LogP contribution in [0, 0.1) is 0 Å². The van der Waals surface area contributed by atoms with E-state index >= 15 is 0 Å². The highest BCUT2D eigenvalue weighted by atomic mass is 35.5. The number of carbonyl (C=O) groups is 1. The van der Waals surface area contributed by atoms with E-state index in [1.54, 1.807) is 20.8 Å². The fraction of sp³-hybridized carbons (Fsp3) is 0.500. The molecule has 1 unspecified atom stereocenters. The van der Waals surface area contributed by atoms with E-state index in [1.807, 2.05) is 0 Å². The second kappa shape index (κ2) is 6.41. The molecule has 0 aliphatic carbocycles. The van der Waals surface area contributed by atoms with Gasteiger partial charge in [0.05, 0.1) is 16.1 Å². The molecule has 1 aromatic heterocycles. The summed E-state index contributed by atoms with van der Waals surface area (Å²) in [4.78, 5) is 15.6. The second-order valence-electron chi connectivity index (χ2n) is 4.95. The predicted molar refractivity (Wildman–Crippen MR) is 75.4 cm³/mol. The quantitative estimate of drug-likeness (QED) is 0.900. The van der Waals surface area contributed by atoms with E-state index < -0.39 is 17.7 Å². The fourth-order valence-corrected chi connectivity index (χ4v) is 2.08. The molecule has 0 aromatic carbocycles. The van der Waals surface area contributed by atoms with Crippen molar-refractivity contribution in [3.05, 3.63) is 28.0 Å². The van der Waals surface area contributed by atoms with Crippen LogP contribution in [0.25, 0.3) is 0 Å². The Hall–Kier alpha value is -1.04. The van der Waals surface area contributed by atoms with Crippen molar-refractivity contribution in [1.82, 2.24) is 10.3 Å². The smallest absolute Gasteiger partial charge is 0.408 e. The molecule has 5 nitrogen and oxygen atoms in total. The molecule has 0 saturated carbocycles. The third-order valence-corrected chi connectivity index (χ3v) is 2.77. The number of carbonyl (C=O) groups excluding carboxylic acids is 1. The standard InChI is InChI=1S/C12H17Cl2N3O2/c1-12(2,3)19-11(18)17-9(4-15)10-7(13)5-16-6-8(10)14/h5-6,9H,4,15H2,1-3H3,(H,17,18). The van der Waals surface area contributed by atoms with Crippen molar-refractivity contribution in [3.8, 4) is 0 Å². The van der Waals surface area contributed by atoms with E-state index in [4.69, 9.17) is 33.7 Å². The summed E-state index contributed by atoms with van der Waals surface area (Å²) in [5.41, 5.74) is 5.59. The number of halogens is 2. The van der Waals surface area contributed by atoms with Gasteiger partial charge in [-0.3, -0.25) is 4.98 Å². The van der Waals surface area contributed by atoms with Crippen LogP contribution in [0.1, 0.15) is 32.4 Å². The van der Waals surface area contributed by atoms with Gasteiger partial charge in [-0.05, 0) is 20.8 Å². The van der Waals surface area contributed by atoms with Crippen LogP contribution in [0.5, 0.6) is 0 Å². The van der Waals surface area contributed by atoms with Crippen LogP contribution in [-0.2, 0) is 4.74 Å². The van der Waals surface area contributed by atoms with Crippen molar-refractivity contribution >= 4 is 29.3 Å². The van der Waals surface area contributed by atoms with Crippen LogP contribution >= 0.6 is 23.2 Å². The van der Waals surface area contributed by atoms with E-state index in [-0.39, 0.29) is 6.54 Å². The minimum Gasteiger partial charge on any atom is -0.444 e. The van der Waals surface area contributed by atoms with Gasteiger partial charge in [-0.2, -0.15) is 0 Å². The maximum Gasteiger partial charge on any atom is 0.408 e. The number of alkyl carbamates (subject to hydrolysis) is 1. The van der Waals surface area contributed by atoms with Gasteiger partial charge in [-0.1, -0.05) is 23.2 Å². The molecule has 0 bridgehead atoms. The number of hydrogen-bond donors (Lipinski definition) is 2. The number of aromatic nitrogens is 1. The Morgan fingerprint density at radius 3 is 2.37 bits per heavy atom. The Kier molecular flexibility index (Phi) is 5.40. The van der Waals surface area contributed by atoms with Crippen LogP contribution in [0.4, 0.5) is 4.79 Å². The Morgan fingerprint density at radius 2 is 1.95 bits per heavy atom.